The average Bonchev–Trinajstić information content (AvgIpc) is 3.19. The molecule has 0 N–H and O–H groups in total. The van der Waals surface area contributed by atoms with Gasteiger partial charge in [0.2, 0.25) is 0 Å². The van der Waals surface area contributed by atoms with Gasteiger partial charge in [0.15, 0.2) is 0 Å². The fourth-order valence-corrected chi connectivity index (χ4v) is 4.18. The van der Waals surface area contributed by atoms with Crippen molar-refractivity contribution in [2.75, 3.05) is 5.75 Å². The third kappa shape index (κ3) is 9.81. The quantitative estimate of drug-likeness (QED) is 0.325. The molecule has 0 spiro atoms. The molecule has 27 heavy (non-hydrogen) atoms. The fourth-order valence-electron chi connectivity index (χ4n) is 3.03. The van der Waals surface area contributed by atoms with Crippen molar-refractivity contribution < 1.29 is 4.39 Å². The highest BCUT2D eigenvalue weighted by molar-refractivity contribution is 8.00. The molecule has 0 radical (unpaired) electrons. The minimum absolute atomic E-state index is 0.189. The van der Waals surface area contributed by atoms with Gasteiger partial charge in [-0.3, -0.25) is 0 Å². The summed E-state index contributed by atoms with van der Waals surface area (Å²) >= 11 is 2.00. The van der Waals surface area contributed by atoms with Crippen molar-refractivity contribution in [1.29, 1.82) is 0 Å². The summed E-state index contributed by atoms with van der Waals surface area (Å²) in [4.78, 5) is 4.14. The van der Waals surface area contributed by atoms with Crippen LogP contribution in [0.5, 0.6) is 0 Å². The third-order valence-corrected chi connectivity index (χ3v) is 5.91. The molecule has 0 bridgehead atoms. The number of halogens is 1. The van der Waals surface area contributed by atoms with Gasteiger partial charge < -0.3 is 4.57 Å². The van der Waals surface area contributed by atoms with Crippen LogP contribution < -0.4 is 0 Å². The second-order valence-electron chi connectivity index (χ2n) is 7.05. The van der Waals surface area contributed by atoms with E-state index in [2.05, 4.69) is 28.6 Å². The number of unbranched alkanes of at least 4 members (excludes halogenated alkanes) is 7. The van der Waals surface area contributed by atoms with E-state index in [1.807, 2.05) is 42.6 Å². The first-order chi connectivity index (χ1) is 13.3. The Balaban J connectivity index is 1.72. The van der Waals surface area contributed by atoms with Crippen LogP contribution in [0.3, 0.4) is 0 Å². The molecule has 1 heterocycles. The standard InChI is InChI=1S/C23H33FN2S/c1-2-3-4-5-6-7-8-9-18-27-23(19-26-17-16-25-20-26)15-12-21-10-13-22(24)14-11-21/h10-17,20,23H,2-9,18-19H2,1H3/b15-12+. The highest BCUT2D eigenvalue weighted by Gasteiger charge is 2.06. The van der Waals surface area contributed by atoms with Crippen molar-refractivity contribution in [1.82, 2.24) is 9.55 Å². The first kappa shape index (κ1) is 21.7. The average molecular weight is 389 g/mol. The summed E-state index contributed by atoms with van der Waals surface area (Å²) in [5.74, 6) is 0.994. The molecule has 0 aliphatic rings. The van der Waals surface area contributed by atoms with Gasteiger partial charge in [0.1, 0.15) is 5.82 Å². The van der Waals surface area contributed by atoms with Crippen LogP contribution in [-0.4, -0.2) is 20.6 Å². The van der Waals surface area contributed by atoms with Crippen LogP contribution in [0.25, 0.3) is 6.08 Å². The van der Waals surface area contributed by atoms with Gasteiger partial charge in [0.05, 0.1) is 6.33 Å². The molecule has 2 aromatic rings. The number of hydrogen-bond acceptors (Lipinski definition) is 2. The molecule has 0 fully saturated rings. The zero-order valence-electron chi connectivity index (χ0n) is 16.5. The lowest BCUT2D eigenvalue weighted by Gasteiger charge is -2.13. The fraction of sp³-hybridized carbons (Fsp3) is 0.522. The van der Waals surface area contributed by atoms with E-state index in [9.17, 15) is 4.39 Å². The predicted molar refractivity (Wildman–Crippen MR) is 117 cm³/mol. The van der Waals surface area contributed by atoms with E-state index in [1.165, 1.54) is 69.3 Å². The summed E-state index contributed by atoms with van der Waals surface area (Å²) < 4.78 is 15.2. The molecule has 2 nitrogen and oxygen atoms in total. The Hall–Kier alpha value is -1.55. The summed E-state index contributed by atoms with van der Waals surface area (Å²) in [7, 11) is 0. The Kier molecular flexibility index (Phi) is 10.9. The van der Waals surface area contributed by atoms with E-state index in [0.29, 0.717) is 5.25 Å². The van der Waals surface area contributed by atoms with Crippen LogP contribution in [0.1, 0.15) is 63.9 Å². The molecule has 148 valence electrons. The minimum atomic E-state index is -0.189. The maximum atomic E-state index is 13.1. The number of hydrogen-bond donors (Lipinski definition) is 0. The molecule has 0 aliphatic carbocycles. The van der Waals surface area contributed by atoms with Crippen molar-refractivity contribution >= 4 is 17.8 Å². The highest BCUT2D eigenvalue weighted by atomic mass is 32.2. The molecule has 0 amide bonds. The first-order valence-corrected chi connectivity index (χ1v) is 11.3. The van der Waals surface area contributed by atoms with Crippen LogP contribution in [0.15, 0.2) is 49.1 Å². The molecular weight excluding hydrogens is 355 g/mol. The Morgan fingerprint density at radius 1 is 1.04 bits per heavy atom. The van der Waals surface area contributed by atoms with E-state index in [-0.39, 0.29) is 5.82 Å². The van der Waals surface area contributed by atoms with E-state index in [4.69, 9.17) is 0 Å². The number of rotatable bonds is 14. The number of benzene rings is 1. The lowest BCUT2D eigenvalue weighted by molar-refractivity contribution is 0.586. The van der Waals surface area contributed by atoms with Crippen molar-refractivity contribution in [3.8, 4) is 0 Å². The molecule has 0 aliphatic heterocycles. The maximum Gasteiger partial charge on any atom is 0.123 e. The molecule has 0 saturated heterocycles. The van der Waals surface area contributed by atoms with E-state index >= 15 is 0 Å². The summed E-state index contributed by atoms with van der Waals surface area (Å²) in [6, 6.07) is 6.67. The lowest BCUT2D eigenvalue weighted by atomic mass is 10.1. The van der Waals surface area contributed by atoms with Crippen molar-refractivity contribution in [2.24, 2.45) is 0 Å². The second kappa shape index (κ2) is 13.6. The minimum Gasteiger partial charge on any atom is -0.336 e. The zero-order valence-corrected chi connectivity index (χ0v) is 17.3. The monoisotopic (exact) mass is 388 g/mol. The van der Waals surface area contributed by atoms with Gasteiger partial charge >= 0.3 is 0 Å². The third-order valence-electron chi connectivity index (χ3n) is 4.65. The molecule has 1 atom stereocenters. The number of thioether (sulfide) groups is 1. The number of imidazole rings is 1. The lowest BCUT2D eigenvalue weighted by Crippen LogP contribution is -2.10. The van der Waals surface area contributed by atoms with Gasteiger partial charge in [-0.2, -0.15) is 11.8 Å². The molecule has 1 aromatic heterocycles. The molecule has 0 saturated carbocycles. The van der Waals surface area contributed by atoms with Crippen LogP contribution in [0, 0.1) is 5.82 Å². The summed E-state index contributed by atoms with van der Waals surface area (Å²) in [6.07, 6.45) is 20.9. The normalized spacial score (nSPS) is 12.7. The summed E-state index contributed by atoms with van der Waals surface area (Å²) in [5.41, 5.74) is 1.04. The van der Waals surface area contributed by atoms with Gasteiger partial charge in [0, 0.05) is 24.2 Å². The Labute approximate surface area is 168 Å². The second-order valence-corrected chi connectivity index (χ2v) is 8.40. The smallest absolute Gasteiger partial charge is 0.123 e. The molecule has 1 aromatic carbocycles. The van der Waals surface area contributed by atoms with Gasteiger partial charge in [-0.05, 0) is 29.9 Å². The topological polar surface area (TPSA) is 17.8 Å². The Bertz CT molecular complexity index is 622. The van der Waals surface area contributed by atoms with Crippen molar-refractivity contribution in [3.05, 3.63) is 60.4 Å². The van der Waals surface area contributed by atoms with Gasteiger partial charge in [-0.1, -0.05) is 76.2 Å². The molecular formula is C23H33FN2S. The van der Waals surface area contributed by atoms with Crippen LogP contribution >= 0.6 is 11.8 Å². The van der Waals surface area contributed by atoms with Crippen LogP contribution in [0.2, 0.25) is 0 Å². The maximum absolute atomic E-state index is 13.1. The molecule has 2 rings (SSSR count). The number of aromatic nitrogens is 2. The predicted octanol–water partition coefficient (Wildman–Crippen LogP) is 6.98. The SMILES string of the molecule is CCCCCCCCCCSC(/C=C/c1ccc(F)cc1)Cn1ccnc1. The highest BCUT2D eigenvalue weighted by Crippen LogP contribution is 2.19. The van der Waals surface area contributed by atoms with Crippen LogP contribution in [-0.2, 0) is 6.54 Å². The van der Waals surface area contributed by atoms with Crippen molar-refractivity contribution in [2.45, 2.75) is 70.1 Å². The zero-order chi connectivity index (χ0) is 19.2. The van der Waals surface area contributed by atoms with E-state index < -0.39 is 0 Å². The first-order valence-electron chi connectivity index (χ1n) is 10.3. The van der Waals surface area contributed by atoms with Crippen molar-refractivity contribution in [3.63, 3.8) is 0 Å². The van der Waals surface area contributed by atoms with Crippen LogP contribution in [0.4, 0.5) is 4.39 Å². The number of nitrogens with zero attached hydrogens (tertiary/aromatic N) is 2. The largest absolute Gasteiger partial charge is 0.336 e. The molecule has 1 unspecified atom stereocenters. The Morgan fingerprint density at radius 2 is 1.74 bits per heavy atom. The van der Waals surface area contributed by atoms with Gasteiger partial charge in [-0.15, -0.1) is 0 Å². The summed E-state index contributed by atoms with van der Waals surface area (Å²) in [5, 5.41) is 0.397. The van der Waals surface area contributed by atoms with Gasteiger partial charge in [-0.25, -0.2) is 9.37 Å². The van der Waals surface area contributed by atoms with E-state index in [0.717, 1.165) is 12.1 Å². The van der Waals surface area contributed by atoms with E-state index in [1.54, 1.807) is 0 Å². The van der Waals surface area contributed by atoms with Gasteiger partial charge in [0.25, 0.3) is 0 Å². The Morgan fingerprint density at radius 3 is 2.41 bits per heavy atom. The summed E-state index contributed by atoms with van der Waals surface area (Å²) in [6.45, 7) is 3.18. The molecule has 4 heteroatoms.